The molecule has 148 valence electrons. The van der Waals surface area contributed by atoms with Crippen LogP contribution in [0.25, 0.3) is 0 Å². The summed E-state index contributed by atoms with van der Waals surface area (Å²) in [7, 11) is 1.58. The van der Waals surface area contributed by atoms with E-state index >= 15 is 0 Å². The Bertz CT molecular complexity index is 975. The number of rotatable bonds is 4. The highest BCUT2D eigenvalue weighted by Crippen LogP contribution is 2.46. The number of carbonyl (C=O) groups excluding carboxylic acids is 1. The smallest absolute Gasteiger partial charge is 0.269 e. The first kappa shape index (κ1) is 19.8. The number of aryl methyl sites for hydroxylation is 3. The molecule has 0 fully saturated rings. The van der Waals surface area contributed by atoms with Crippen LogP contribution >= 0.6 is 0 Å². The van der Waals surface area contributed by atoms with E-state index in [2.05, 4.69) is 15.1 Å². The van der Waals surface area contributed by atoms with Gasteiger partial charge in [-0.1, -0.05) is 12.1 Å². The van der Waals surface area contributed by atoms with Crippen LogP contribution in [0.1, 0.15) is 48.5 Å². The molecule has 3 rings (SSSR count). The summed E-state index contributed by atoms with van der Waals surface area (Å²) < 4.78 is 5.31. The summed E-state index contributed by atoms with van der Waals surface area (Å²) in [6.07, 6.45) is 0.379. The molecule has 28 heavy (non-hydrogen) atoms. The minimum atomic E-state index is -1.86. The van der Waals surface area contributed by atoms with Gasteiger partial charge in [0.1, 0.15) is 23.0 Å². The standard InChI is InChI=1S/C20H24N4O4/c1-7-14(23-27)16-15-18(22-12(4)21-16)24(19(25)20(15,5)26)17-10(2)8-13(28-6)9-11(17)3/h8-9,26-27H,7H2,1-6H3. The topological polar surface area (TPSA) is 108 Å². The first-order chi connectivity index (χ1) is 13.2. The highest BCUT2D eigenvalue weighted by Gasteiger charge is 2.51. The van der Waals surface area contributed by atoms with E-state index in [1.807, 2.05) is 26.0 Å². The molecule has 1 amide bonds. The summed E-state index contributed by atoms with van der Waals surface area (Å²) in [5.41, 5.74) is 1.18. The van der Waals surface area contributed by atoms with Crippen LogP contribution < -0.4 is 9.64 Å². The summed E-state index contributed by atoms with van der Waals surface area (Å²) in [5, 5.41) is 23.8. The number of fused-ring (bicyclic) bond motifs is 1. The number of benzene rings is 1. The highest BCUT2D eigenvalue weighted by atomic mass is 16.5. The van der Waals surface area contributed by atoms with Gasteiger partial charge in [0.25, 0.3) is 5.91 Å². The van der Waals surface area contributed by atoms with Crippen molar-refractivity contribution < 1.29 is 19.8 Å². The Morgan fingerprint density at radius 1 is 1.25 bits per heavy atom. The van der Waals surface area contributed by atoms with Gasteiger partial charge in [-0.3, -0.25) is 9.69 Å². The zero-order chi connectivity index (χ0) is 20.8. The normalized spacial score (nSPS) is 19.2. The largest absolute Gasteiger partial charge is 0.497 e. The molecule has 0 spiro atoms. The fraction of sp³-hybridized carbons (Fsp3) is 0.400. The molecule has 2 heterocycles. The molecule has 0 saturated heterocycles. The van der Waals surface area contributed by atoms with Gasteiger partial charge in [0.15, 0.2) is 11.4 Å². The minimum absolute atomic E-state index is 0.243. The summed E-state index contributed by atoms with van der Waals surface area (Å²) in [6, 6.07) is 3.65. The lowest BCUT2D eigenvalue weighted by Crippen LogP contribution is -2.36. The van der Waals surface area contributed by atoms with Crippen LogP contribution in [0.3, 0.4) is 0 Å². The van der Waals surface area contributed by atoms with Crippen LogP contribution in [-0.2, 0) is 10.4 Å². The Hall–Kier alpha value is -3.00. The van der Waals surface area contributed by atoms with Gasteiger partial charge in [-0.25, -0.2) is 9.97 Å². The van der Waals surface area contributed by atoms with Crippen LogP contribution in [0.15, 0.2) is 17.3 Å². The number of ether oxygens (including phenoxy) is 1. The maximum Gasteiger partial charge on any atom is 0.269 e. The SMILES string of the molecule is CCC(=NO)c1nc(C)nc2c1C(C)(O)C(=O)N2c1c(C)cc(OC)cc1C. The maximum atomic E-state index is 13.3. The third-order valence-corrected chi connectivity index (χ3v) is 4.97. The Morgan fingerprint density at radius 2 is 1.86 bits per heavy atom. The van der Waals surface area contributed by atoms with Gasteiger partial charge in [0, 0.05) is 0 Å². The molecular weight excluding hydrogens is 360 g/mol. The van der Waals surface area contributed by atoms with E-state index in [9.17, 15) is 15.1 Å². The number of anilines is 2. The lowest BCUT2D eigenvalue weighted by atomic mass is 9.95. The van der Waals surface area contributed by atoms with E-state index in [-0.39, 0.29) is 17.0 Å². The summed E-state index contributed by atoms with van der Waals surface area (Å²) in [4.78, 5) is 23.5. The van der Waals surface area contributed by atoms with Crippen LogP contribution in [-0.4, -0.2) is 39.0 Å². The van der Waals surface area contributed by atoms with Crippen LogP contribution in [0.5, 0.6) is 5.75 Å². The van der Waals surface area contributed by atoms with Gasteiger partial charge < -0.3 is 15.1 Å². The third kappa shape index (κ3) is 2.80. The van der Waals surface area contributed by atoms with Crippen LogP contribution in [0, 0.1) is 20.8 Å². The molecule has 0 bridgehead atoms. The fourth-order valence-corrected chi connectivity index (χ4v) is 3.68. The molecule has 0 aliphatic carbocycles. The number of hydrogen-bond donors (Lipinski definition) is 2. The van der Waals surface area contributed by atoms with Crippen molar-refractivity contribution in [3.05, 3.63) is 40.3 Å². The van der Waals surface area contributed by atoms with Crippen molar-refractivity contribution in [1.29, 1.82) is 0 Å². The summed E-state index contributed by atoms with van der Waals surface area (Å²) >= 11 is 0. The molecule has 0 radical (unpaired) electrons. The molecule has 1 aromatic carbocycles. The summed E-state index contributed by atoms with van der Waals surface area (Å²) in [5.74, 6) is 0.845. The quantitative estimate of drug-likeness (QED) is 0.477. The molecule has 1 atom stereocenters. The Morgan fingerprint density at radius 3 is 2.36 bits per heavy atom. The lowest BCUT2D eigenvalue weighted by Gasteiger charge is -2.23. The number of aliphatic hydroxyl groups is 1. The van der Waals surface area contributed by atoms with E-state index in [1.54, 1.807) is 21.0 Å². The van der Waals surface area contributed by atoms with Gasteiger partial charge in [-0.05, 0) is 57.4 Å². The van der Waals surface area contributed by atoms with E-state index in [0.29, 0.717) is 29.5 Å². The van der Waals surface area contributed by atoms with Crippen LogP contribution in [0.4, 0.5) is 11.5 Å². The molecule has 8 nitrogen and oxygen atoms in total. The fourth-order valence-electron chi connectivity index (χ4n) is 3.68. The lowest BCUT2D eigenvalue weighted by molar-refractivity contribution is -0.133. The number of carbonyl (C=O) groups is 1. The highest BCUT2D eigenvalue weighted by molar-refractivity contribution is 6.15. The molecule has 2 aromatic rings. The van der Waals surface area contributed by atoms with Crippen molar-refractivity contribution in [2.45, 2.75) is 46.6 Å². The first-order valence-corrected chi connectivity index (χ1v) is 8.99. The van der Waals surface area contributed by atoms with Crippen molar-refractivity contribution >= 4 is 23.1 Å². The zero-order valence-corrected chi connectivity index (χ0v) is 16.9. The molecule has 1 aromatic heterocycles. The zero-order valence-electron chi connectivity index (χ0n) is 16.9. The summed E-state index contributed by atoms with van der Waals surface area (Å²) in [6.45, 7) is 8.64. The monoisotopic (exact) mass is 384 g/mol. The predicted molar refractivity (Wildman–Crippen MR) is 105 cm³/mol. The van der Waals surface area contributed by atoms with Crippen molar-refractivity contribution in [2.75, 3.05) is 12.0 Å². The van der Waals surface area contributed by atoms with Gasteiger partial charge in [0.05, 0.1) is 18.4 Å². The molecule has 2 N–H and O–H groups in total. The second-order valence-electron chi connectivity index (χ2n) is 7.04. The van der Waals surface area contributed by atoms with Crippen molar-refractivity contribution in [1.82, 2.24) is 9.97 Å². The number of amides is 1. The second-order valence-corrected chi connectivity index (χ2v) is 7.04. The van der Waals surface area contributed by atoms with Gasteiger partial charge in [0.2, 0.25) is 0 Å². The van der Waals surface area contributed by atoms with E-state index in [1.165, 1.54) is 11.8 Å². The Labute approximate surface area is 163 Å². The van der Waals surface area contributed by atoms with Gasteiger partial charge in [-0.2, -0.15) is 0 Å². The molecule has 8 heteroatoms. The third-order valence-electron chi connectivity index (χ3n) is 4.97. The number of nitrogens with zero attached hydrogens (tertiary/aromatic N) is 4. The Kier molecular flexibility index (Phi) is 4.84. The number of methoxy groups -OCH3 is 1. The number of oxime groups is 1. The van der Waals surface area contributed by atoms with Crippen molar-refractivity contribution in [3.8, 4) is 5.75 Å². The average molecular weight is 384 g/mol. The molecule has 1 aliphatic rings. The molecule has 0 saturated carbocycles. The van der Waals surface area contributed by atoms with Gasteiger partial charge >= 0.3 is 0 Å². The minimum Gasteiger partial charge on any atom is -0.497 e. The second kappa shape index (κ2) is 6.87. The molecule has 1 unspecified atom stereocenters. The predicted octanol–water partition coefficient (Wildman–Crippen LogP) is 2.88. The maximum absolute atomic E-state index is 13.3. The molecular formula is C20H24N4O4. The average Bonchev–Trinajstić information content (AvgIpc) is 2.82. The van der Waals surface area contributed by atoms with E-state index in [0.717, 1.165) is 11.1 Å². The van der Waals surface area contributed by atoms with Crippen molar-refractivity contribution in [2.24, 2.45) is 5.16 Å². The van der Waals surface area contributed by atoms with Crippen LogP contribution in [0.2, 0.25) is 0 Å². The molecule has 1 aliphatic heterocycles. The van der Waals surface area contributed by atoms with E-state index < -0.39 is 11.5 Å². The van der Waals surface area contributed by atoms with Crippen molar-refractivity contribution in [3.63, 3.8) is 0 Å². The first-order valence-electron chi connectivity index (χ1n) is 8.99. The Balaban J connectivity index is 2.35. The van der Waals surface area contributed by atoms with E-state index in [4.69, 9.17) is 4.74 Å². The number of aromatic nitrogens is 2. The number of hydrogen-bond acceptors (Lipinski definition) is 7. The van der Waals surface area contributed by atoms with Gasteiger partial charge in [-0.15, -0.1) is 0 Å².